The Morgan fingerprint density at radius 1 is 1.05 bits per heavy atom. The number of hydrogen-bond donors (Lipinski definition) is 1. The number of aliphatic hydroxyl groups is 1. The van der Waals surface area contributed by atoms with E-state index < -0.39 is 24.0 Å². The number of fused-ring (bicyclic) bond motifs is 2. The zero-order valence-corrected chi connectivity index (χ0v) is 12.4. The summed E-state index contributed by atoms with van der Waals surface area (Å²) in [7, 11) is 0. The Hall–Kier alpha value is -0.200. The largest absolute Gasteiger partial charge is 0.368 e. The molecule has 0 radical (unpaired) electrons. The third kappa shape index (κ3) is 1.56. The Balaban J connectivity index is 1.82. The van der Waals surface area contributed by atoms with Crippen molar-refractivity contribution in [3.8, 4) is 0 Å². The summed E-state index contributed by atoms with van der Waals surface area (Å²) in [6.45, 7) is 6.22. The van der Waals surface area contributed by atoms with Crippen LogP contribution in [-0.2, 0) is 19.2 Å². The van der Waals surface area contributed by atoms with E-state index in [1.807, 2.05) is 13.8 Å². The summed E-state index contributed by atoms with van der Waals surface area (Å²) < 4.78 is 11.9. The van der Waals surface area contributed by atoms with Crippen LogP contribution in [0.1, 0.15) is 46.5 Å². The van der Waals surface area contributed by atoms with Crippen molar-refractivity contribution in [3.05, 3.63) is 0 Å². The lowest BCUT2D eigenvalue weighted by Gasteiger charge is -2.59. The molecule has 5 fully saturated rings. The van der Waals surface area contributed by atoms with E-state index in [0.717, 1.165) is 19.3 Å². The maximum Gasteiger partial charge on any atom is 0.201 e. The van der Waals surface area contributed by atoms with Crippen LogP contribution < -0.4 is 0 Å². The van der Waals surface area contributed by atoms with Gasteiger partial charge < -0.3 is 14.6 Å². The zero-order chi connectivity index (χ0) is 14.1. The van der Waals surface area contributed by atoms with Gasteiger partial charge in [-0.05, 0) is 38.0 Å². The van der Waals surface area contributed by atoms with Gasteiger partial charge in [0.1, 0.15) is 0 Å². The first-order valence-corrected chi connectivity index (χ1v) is 7.84. The molecule has 0 unspecified atom stereocenters. The van der Waals surface area contributed by atoms with Crippen LogP contribution in [0, 0.1) is 23.7 Å². The molecule has 5 heteroatoms. The molecule has 0 amide bonds. The summed E-state index contributed by atoms with van der Waals surface area (Å²) in [6.07, 6.45) is 2.72. The molecule has 8 atom stereocenters. The van der Waals surface area contributed by atoms with Gasteiger partial charge in [0.05, 0.1) is 0 Å². The van der Waals surface area contributed by atoms with E-state index in [4.69, 9.17) is 19.2 Å². The summed E-state index contributed by atoms with van der Waals surface area (Å²) in [6, 6.07) is 0. The normalized spacial score (nSPS) is 61.8. The predicted octanol–water partition coefficient (Wildman–Crippen LogP) is 2.19. The van der Waals surface area contributed by atoms with Crippen LogP contribution in [0.2, 0.25) is 0 Å². The molecular formula is C15H24O5. The van der Waals surface area contributed by atoms with E-state index in [-0.39, 0.29) is 11.8 Å². The van der Waals surface area contributed by atoms with Crippen LogP contribution in [-0.4, -0.2) is 29.1 Å². The van der Waals surface area contributed by atoms with E-state index in [9.17, 15) is 5.11 Å². The van der Waals surface area contributed by atoms with Crippen LogP contribution in [0.4, 0.5) is 0 Å². The zero-order valence-electron chi connectivity index (χ0n) is 12.4. The Labute approximate surface area is 119 Å². The number of ether oxygens (including phenoxy) is 2. The summed E-state index contributed by atoms with van der Waals surface area (Å²) in [5, 5.41) is 10.2. The van der Waals surface area contributed by atoms with E-state index in [1.165, 1.54) is 6.42 Å². The van der Waals surface area contributed by atoms with Crippen molar-refractivity contribution in [2.24, 2.45) is 23.7 Å². The quantitative estimate of drug-likeness (QED) is 0.691. The molecule has 2 bridgehead atoms. The average molecular weight is 284 g/mol. The molecule has 1 saturated carbocycles. The topological polar surface area (TPSA) is 57.2 Å². The summed E-state index contributed by atoms with van der Waals surface area (Å²) >= 11 is 0. The molecule has 1 aliphatic carbocycles. The van der Waals surface area contributed by atoms with Gasteiger partial charge in [0.2, 0.25) is 5.79 Å². The van der Waals surface area contributed by atoms with E-state index in [2.05, 4.69) is 6.92 Å². The monoisotopic (exact) mass is 284 g/mol. The lowest BCUT2D eigenvalue weighted by Crippen LogP contribution is -2.70. The second kappa shape index (κ2) is 4.17. The Morgan fingerprint density at radius 3 is 2.65 bits per heavy atom. The molecule has 5 rings (SSSR count). The van der Waals surface area contributed by atoms with Crippen LogP contribution in [0.15, 0.2) is 0 Å². The summed E-state index contributed by atoms with van der Waals surface area (Å²) in [5.41, 5.74) is -0.549. The fourth-order valence-corrected chi connectivity index (χ4v) is 4.89. The third-order valence-electron chi connectivity index (χ3n) is 6.12. The highest BCUT2D eigenvalue weighted by Gasteiger charge is 2.69. The van der Waals surface area contributed by atoms with Crippen LogP contribution >= 0.6 is 0 Å². The minimum Gasteiger partial charge on any atom is -0.368 e. The average Bonchev–Trinajstić information content (AvgIpc) is 2.63. The van der Waals surface area contributed by atoms with E-state index >= 15 is 0 Å². The van der Waals surface area contributed by atoms with Gasteiger partial charge in [0, 0.05) is 18.3 Å². The van der Waals surface area contributed by atoms with Crippen LogP contribution in [0.5, 0.6) is 0 Å². The number of hydrogen-bond acceptors (Lipinski definition) is 5. The van der Waals surface area contributed by atoms with Gasteiger partial charge in [-0.25, -0.2) is 9.78 Å². The minimum absolute atomic E-state index is 0.0379. The van der Waals surface area contributed by atoms with Crippen LogP contribution in [0.25, 0.3) is 0 Å². The van der Waals surface area contributed by atoms with Gasteiger partial charge in [-0.2, -0.15) is 0 Å². The number of aliphatic hydroxyl groups excluding tert-OH is 1. The standard InChI is InChI=1S/C15H24O5/c1-8-4-5-11-9(2)12(16)17-13-15(11)10(8)6-7-14(3,18-13)19-20-15/h8-13,16H,4-7H2,1-3H3/t8-,9+,10-,11-,12-,13-,14-,15-/m1/s1. The Morgan fingerprint density at radius 2 is 1.85 bits per heavy atom. The molecule has 1 N–H and O–H groups in total. The van der Waals surface area contributed by atoms with Crippen molar-refractivity contribution in [2.45, 2.75) is 70.4 Å². The molecule has 20 heavy (non-hydrogen) atoms. The first-order valence-electron chi connectivity index (χ1n) is 7.84. The molecule has 5 aliphatic rings. The molecule has 4 heterocycles. The van der Waals surface area contributed by atoms with Crippen molar-refractivity contribution in [1.82, 2.24) is 0 Å². The van der Waals surface area contributed by atoms with Crippen molar-refractivity contribution in [1.29, 1.82) is 0 Å². The predicted molar refractivity (Wildman–Crippen MR) is 69.0 cm³/mol. The molecule has 114 valence electrons. The first-order chi connectivity index (χ1) is 9.46. The van der Waals surface area contributed by atoms with Gasteiger partial charge in [-0.1, -0.05) is 13.8 Å². The lowest BCUT2D eigenvalue weighted by molar-refractivity contribution is -0.576. The molecule has 0 aromatic heterocycles. The third-order valence-corrected chi connectivity index (χ3v) is 6.12. The van der Waals surface area contributed by atoms with Crippen molar-refractivity contribution in [2.75, 3.05) is 0 Å². The van der Waals surface area contributed by atoms with E-state index in [1.54, 1.807) is 0 Å². The van der Waals surface area contributed by atoms with Gasteiger partial charge in [-0.15, -0.1) is 0 Å². The van der Waals surface area contributed by atoms with Crippen LogP contribution in [0.3, 0.4) is 0 Å². The molecule has 0 aromatic carbocycles. The fourth-order valence-electron chi connectivity index (χ4n) is 4.89. The molecule has 1 spiro atoms. The second-order valence-corrected chi connectivity index (χ2v) is 7.30. The lowest BCUT2D eigenvalue weighted by atomic mass is 9.58. The highest BCUT2D eigenvalue weighted by molar-refractivity contribution is 5.08. The van der Waals surface area contributed by atoms with Gasteiger partial charge in [-0.3, -0.25) is 0 Å². The summed E-state index contributed by atoms with van der Waals surface area (Å²) in [5.74, 6) is 0.437. The minimum atomic E-state index is -0.781. The molecule has 5 nitrogen and oxygen atoms in total. The Bertz CT molecular complexity index is 411. The highest BCUT2D eigenvalue weighted by Crippen LogP contribution is 2.60. The fraction of sp³-hybridized carbons (Fsp3) is 1.00. The number of rotatable bonds is 0. The highest BCUT2D eigenvalue weighted by atomic mass is 17.3. The SMILES string of the molecule is C[C@@H]1[C@H](O)O[C@@H]2O[C@@]3(C)CC[C@@H]4[C@H](C)CC[C@H]1[C@@]24OO3. The smallest absolute Gasteiger partial charge is 0.201 e. The maximum atomic E-state index is 10.2. The van der Waals surface area contributed by atoms with Crippen molar-refractivity contribution < 1.29 is 24.4 Å². The van der Waals surface area contributed by atoms with Crippen molar-refractivity contribution in [3.63, 3.8) is 0 Å². The van der Waals surface area contributed by atoms with Crippen molar-refractivity contribution >= 4 is 0 Å². The second-order valence-electron chi connectivity index (χ2n) is 7.30. The van der Waals surface area contributed by atoms with E-state index in [0.29, 0.717) is 11.8 Å². The molecule has 4 saturated heterocycles. The summed E-state index contributed by atoms with van der Waals surface area (Å²) in [4.78, 5) is 11.6. The molecule has 0 aromatic rings. The maximum absolute atomic E-state index is 10.2. The molecular weight excluding hydrogens is 260 g/mol. The first kappa shape index (κ1) is 13.5. The molecule has 4 aliphatic heterocycles. The van der Waals surface area contributed by atoms with Gasteiger partial charge in [0.25, 0.3) is 0 Å². The van der Waals surface area contributed by atoms with Gasteiger partial charge >= 0.3 is 0 Å². The Kier molecular flexibility index (Phi) is 2.81. The van der Waals surface area contributed by atoms with Gasteiger partial charge in [0.15, 0.2) is 18.2 Å².